The second-order valence-corrected chi connectivity index (χ2v) is 26.7. The highest BCUT2D eigenvalue weighted by Gasteiger charge is 2.20. The van der Waals surface area contributed by atoms with E-state index in [1.807, 2.05) is 0 Å². The van der Waals surface area contributed by atoms with Gasteiger partial charge in [-0.05, 0) is 77.0 Å². The molecule has 0 aliphatic carbocycles. The van der Waals surface area contributed by atoms with E-state index in [2.05, 4.69) is 43.5 Å². The molecule has 0 aromatic heterocycles. The Hall–Kier alpha value is -1.66. The molecular weight excluding hydrogens is 1030 g/mol. The van der Waals surface area contributed by atoms with E-state index in [1.165, 1.54) is 360 Å². The Morgan fingerprint density at radius 2 is 0.560 bits per heavy atom. The zero-order chi connectivity index (χ0) is 60.6. The van der Waals surface area contributed by atoms with Crippen LogP contribution in [0.4, 0.5) is 0 Å². The Morgan fingerprint density at radius 3 is 0.845 bits per heavy atom. The number of allylic oxidation sites excluding steroid dienone is 4. The van der Waals surface area contributed by atoms with Crippen LogP contribution in [-0.2, 0) is 14.3 Å². The SMILES string of the molecule is CCCCCCCC/C=C\CCCCCCCCCCCC(=O)OCCCCCCCCCCCCCC/C=C\CCCCCCCCCCC(=O)NC(CO)C(O)CCCCCCCCCCCCCCCCCCCCCCCCCC. The first-order valence-corrected chi connectivity index (χ1v) is 38.6. The van der Waals surface area contributed by atoms with Crippen molar-refractivity contribution in [2.45, 2.75) is 450 Å². The topological polar surface area (TPSA) is 95.9 Å². The summed E-state index contributed by atoms with van der Waals surface area (Å²) in [5.41, 5.74) is 0. The number of carbonyl (C=O) groups is 2. The van der Waals surface area contributed by atoms with Crippen LogP contribution in [0.1, 0.15) is 438 Å². The first-order chi connectivity index (χ1) is 41.5. The fourth-order valence-electron chi connectivity index (χ4n) is 12.3. The number of hydrogen-bond acceptors (Lipinski definition) is 5. The molecule has 0 aliphatic rings. The second-order valence-electron chi connectivity index (χ2n) is 26.7. The maximum Gasteiger partial charge on any atom is 0.305 e. The number of unbranched alkanes of at least 4 members (excludes halogenated alkanes) is 58. The van der Waals surface area contributed by atoms with Gasteiger partial charge in [0.15, 0.2) is 0 Å². The van der Waals surface area contributed by atoms with Gasteiger partial charge in [-0.15, -0.1) is 0 Å². The van der Waals surface area contributed by atoms with Crippen molar-refractivity contribution in [3.8, 4) is 0 Å². The van der Waals surface area contributed by atoms with Crippen molar-refractivity contribution in [3.05, 3.63) is 24.3 Å². The third-order valence-corrected chi connectivity index (χ3v) is 18.2. The monoisotopic (exact) mass is 1180 g/mol. The van der Waals surface area contributed by atoms with E-state index in [1.54, 1.807) is 0 Å². The summed E-state index contributed by atoms with van der Waals surface area (Å²) < 4.78 is 5.51. The van der Waals surface area contributed by atoms with Gasteiger partial charge < -0.3 is 20.3 Å². The van der Waals surface area contributed by atoms with E-state index in [-0.39, 0.29) is 18.5 Å². The first kappa shape index (κ1) is 82.3. The van der Waals surface area contributed by atoms with Gasteiger partial charge in [0.1, 0.15) is 0 Å². The van der Waals surface area contributed by atoms with Crippen LogP contribution < -0.4 is 5.32 Å². The van der Waals surface area contributed by atoms with Gasteiger partial charge in [0.05, 0.1) is 25.4 Å². The molecule has 1 amide bonds. The Labute approximate surface area is 526 Å². The molecule has 0 heterocycles. The predicted molar refractivity (Wildman–Crippen MR) is 370 cm³/mol. The second kappa shape index (κ2) is 73.8. The lowest BCUT2D eigenvalue weighted by molar-refractivity contribution is -0.143. The lowest BCUT2D eigenvalue weighted by atomic mass is 10.0. The van der Waals surface area contributed by atoms with Crippen molar-refractivity contribution < 1.29 is 24.5 Å². The highest BCUT2D eigenvalue weighted by molar-refractivity contribution is 5.76. The van der Waals surface area contributed by atoms with Gasteiger partial charge in [-0.3, -0.25) is 9.59 Å². The van der Waals surface area contributed by atoms with Crippen LogP contribution in [-0.4, -0.2) is 47.4 Å². The number of hydrogen-bond donors (Lipinski definition) is 3. The molecule has 84 heavy (non-hydrogen) atoms. The molecule has 0 rings (SSSR count). The summed E-state index contributed by atoms with van der Waals surface area (Å²) >= 11 is 0. The smallest absolute Gasteiger partial charge is 0.305 e. The zero-order valence-electron chi connectivity index (χ0n) is 57.2. The molecule has 6 nitrogen and oxygen atoms in total. The number of aliphatic hydroxyl groups is 2. The van der Waals surface area contributed by atoms with Gasteiger partial charge in [-0.2, -0.15) is 0 Å². The van der Waals surface area contributed by atoms with Crippen LogP contribution in [0.15, 0.2) is 24.3 Å². The molecule has 2 atom stereocenters. The summed E-state index contributed by atoms with van der Waals surface area (Å²) in [6.07, 6.45) is 93.9. The van der Waals surface area contributed by atoms with Gasteiger partial charge in [-0.25, -0.2) is 0 Å². The molecule has 0 radical (unpaired) electrons. The Morgan fingerprint density at radius 1 is 0.321 bits per heavy atom. The maximum absolute atomic E-state index is 12.6. The summed E-state index contributed by atoms with van der Waals surface area (Å²) in [6, 6.07) is -0.546. The number of nitrogens with one attached hydrogen (secondary N) is 1. The van der Waals surface area contributed by atoms with Crippen molar-refractivity contribution in [3.63, 3.8) is 0 Å². The van der Waals surface area contributed by atoms with Crippen molar-refractivity contribution in [1.82, 2.24) is 5.32 Å². The van der Waals surface area contributed by atoms with Crippen LogP contribution in [0.5, 0.6) is 0 Å². The van der Waals surface area contributed by atoms with Crippen LogP contribution in [0, 0.1) is 0 Å². The van der Waals surface area contributed by atoms with Crippen molar-refractivity contribution in [1.29, 1.82) is 0 Å². The highest BCUT2D eigenvalue weighted by atomic mass is 16.5. The molecule has 0 bridgehead atoms. The van der Waals surface area contributed by atoms with Gasteiger partial charge >= 0.3 is 5.97 Å². The standard InChI is InChI=1S/C78H151NO5/c1-3-5-7-9-11-13-15-17-19-21-23-24-25-28-31-35-38-42-46-50-54-58-62-66-70-76(81)75(74-80)79-77(82)71-67-63-59-55-51-47-43-39-36-32-29-26-27-30-33-37-41-45-49-53-57-61-65-69-73-84-78(83)72-68-64-60-56-52-48-44-40-34-22-20-18-16-14-12-10-8-6-4-2/h18,20,29,32,75-76,80-81H,3-17,19,21-28,30-31,33-74H2,1-2H3,(H,79,82)/b20-18-,32-29-. The molecule has 498 valence electrons. The molecule has 0 aliphatic heterocycles. The molecule has 0 fully saturated rings. The third kappa shape index (κ3) is 69.4. The minimum absolute atomic E-state index is 0.0134. The number of rotatable bonds is 73. The molecule has 6 heteroatoms. The summed E-state index contributed by atoms with van der Waals surface area (Å²) in [6.45, 7) is 4.99. The van der Waals surface area contributed by atoms with E-state index >= 15 is 0 Å². The fourth-order valence-corrected chi connectivity index (χ4v) is 12.3. The summed E-state index contributed by atoms with van der Waals surface area (Å²) in [4.78, 5) is 24.7. The van der Waals surface area contributed by atoms with Crippen molar-refractivity contribution in [2.24, 2.45) is 0 Å². The quantitative estimate of drug-likeness (QED) is 0.0320. The number of ether oxygens (including phenoxy) is 1. The molecule has 3 N–H and O–H groups in total. The number of amides is 1. The van der Waals surface area contributed by atoms with E-state index in [0.29, 0.717) is 25.9 Å². The van der Waals surface area contributed by atoms with Crippen LogP contribution in [0.2, 0.25) is 0 Å². The van der Waals surface area contributed by atoms with E-state index in [4.69, 9.17) is 4.74 Å². The minimum Gasteiger partial charge on any atom is -0.466 e. The first-order valence-electron chi connectivity index (χ1n) is 38.6. The maximum atomic E-state index is 12.6. The summed E-state index contributed by atoms with van der Waals surface area (Å²) in [7, 11) is 0. The molecule has 0 saturated heterocycles. The molecule has 0 aromatic carbocycles. The average Bonchev–Trinajstić information content (AvgIpc) is 3.51. The molecular formula is C78H151NO5. The van der Waals surface area contributed by atoms with Gasteiger partial charge in [0.2, 0.25) is 5.91 Å². The lowest BCUT2D eigenvalue weighted by Gasteiger charge is -2.22. The molecule has 0 saturated carbocycles. The molecule has 2 unspecified atom stereocenters. The van der Waals surface area contributed by atoms with Crippen molar-refractivity contribution in [2.75, 3.05) is 13.2 Å². The third-order valence-electron chi connectivity index (χ3n) is 18.2. The Bertz CT molecular complexity index is 1320. The van der Waals surface area contributed by atoms with E-state index < -0.39 is 12.1 Å². The number of esters is 1. The van der Waals surface area contributed by atoms with Gasteiger partial charge in [0.25, 0.3) is 0 Å². The fraction of sp³-hybridized carbons (Fsp3) is 0.923. The zero-order valence-corrected chi connectivity index (χ0v) is 57.2. The van der Waals surface area contributed by atoms with E-state index in [0.717, 1.165) is 44.9 Å². The van der Waals surface area contributed by atoms with Crippen LogP contribution in [0.3, 0.4) is 0 Å². The summed E-state index contributed by atoms with van der Waals surface area (Å²) in [5, 5.41) is 23.5. The predicted octanol–water partition coefficient (Wildman–Crippen LogP) is 25.3. The highest BCUT2D eigenvalue weighted by Crippen LogP contribution is 2.20. The number of carbonyl (C=O) groups excluding carboxylic acids is 2. The molecule has 0 spiro atoms. The van der Waals surface area contributed by atoms with E-state index in [9.17, 15) is 19.8 Å². The van der Waals surface area contributed by atoms with Crippen LogP contribution in [0.25, 0.3) is 0 Å². The van der Waals surface area contributed by atoms with Gasteiger partial charge in [0, 0.05) is 12.8 Å². The van der Waals surface area contributed by atoms with Gasteiger partial charge in [-0.1, -0.05) is 372 Å². The van der Waals surface area contributed by atoms with Crippen molar-refractivity contribution >= 4 is 11.9 Å². The number of aliphatic hydroxyl groups excluding tert-OH is 2. The molecule has 0 aromatic rings. The lowest BCUT2D eigenvalue weighted by Crippen LogP contribution is -2.45. The Balaban J connectivity index is 3.39. The average molecular weight is 1180 g/mol. The normalized spacial score (nSPS) is 12.6. The van der Waals surface area contributed by atoms with Crippen LogP contribution >= 0.6 is 0 Å². The summed E-state index contributed by atoms with van der Waals surface area (Å²) in [5.74, 6) is -0.0208. The largest absolute Gasteiger partial charge is 0.466 e. The minimum atomic E-state index is -0.669. The Kier molecular flexibility index (Phi) is 72.3.